The number of hydrogen-bond donors (Lipinski definition) is 2. The molecule has 1 aromatic carbocycles. The first-order valence-electron chi connectivity index (χ1n) is 6.40. The third-order valence-electron chi connectivity index (χ3n) is 3.15. The Balaban J connectivity index is 2.51. The molecule has 19 heavy (non-hydrogen) atoms. The minimum Gasteiger partial charge on any atom is -0.387 e. The fraction of sp³-hybridized carbons (Fsp3) is 0.571. The van der Waals surface area contributed by atoms with E-state index in [1.54, 1.807) is 0 Å². The van der Waals surface area contributed by atoms with Crippen LogP contribution in [0, 0.1) is 5.92 Å². The molecule has 0 aliphatic rings. The Morgan fingerprint density at radius 2 is 1.74 bits per heavy atom. The van der Waals surface area contributed by atoms with Gasteiger partial charge in [-0.05, 0) is 30.2 Å². The van der Waals surface area contributed by atoms with Gasteiger partial charge in [-0.3, -0.25) is 0 Å². The Morgan fingerprint density at radius 1 is 1.16 bits per heavy atom. The van der Waals surface area contributed by atoms with Crippen LogP contribution in [0.1, 0.15) is 37.5 Å². The summed E-state index contributed by atoms with van der Waals surface area (Å²) in [6.45, 7) is 5.31. The van der Waals surface area contributed by atoms with Crippen LogP contribution < -0.4 is 5.32 Å². The van der Waals surface area contributed by atoms with Crippen LogP contribution in [0.15, 0.2) is 24.3 Å². The first-order valence-corrected chi connectivity index (χ1v) is 6.40. The smallest absolute Gasteiger partial charge is 0.387 e. The van der Waals surface area contributed by atoms with Crippen molar-refractivity contribution in [1.29, 1.82) is 0 Å². The van der Waals surface area contributed by atoms with E-state index in [0.717, 1.165) is 25.1 Å². The standard InChI is InChI=1S/C14H20F3NO/c1-3-10(2)8-18-9-13(19)11-4-6-12(7-5-11)14(15,16)17/h4-7,10,13,18-19H,3,8-9H2,1-2H3. The van der Waals surface area contributed by atoms with Gasteiger partial charge in [0.25, 0.3) is 0 Å². The zero-order chi connectivity index (χ0) is 14.5. The zero-order valence-electron chi connectivity index (χ0n) is 11.2. The molecule has 0 aliphatic carbocycles. The number of rotatable bonds is 6. The molecule has 0 heterocycles. The molecule has 0 bridgehead atoms. The maximum absolute atomic E-state index is 12.4. The Morgan fingerprint density at radius 3 is 2.21 bits per heavy atom. The van der Waals surface area contributed by atoms with E-state index in [0.29, 0.717) is 18.0 Å². The van der Waals surface area contributed by atoms with Gasteiger partial charge in [-0.2, -0.15) is 13.2 Å². The molecule has 0 fully saturated rings. The molecule has 2 nitrogen and oxygen atoms in total. The van der Waals surface area contributed by atoms with Crippen LogP contribution in [0.2, 0.25) is 0 Å². The van der Waals surface area contributed by atoms with E-state index in [-0.39, 0.29) is 0 Å². The average Bonchev–Trinajstić information content (AvgIpc) is 2.37. The molecule has 0 amide bonds. The second-order valence-electron chi connectivity index (χ2n) is 4.81. The van der Waals surface area contributed by atoms with E-state index in [4.69, 9.17) is 0 Å². The van der Waals surface area contributed by atoms with Crippen LogP contribution in [0.3, 0.4) is 0 Å². The maximum atomic E-state index is 12.4. The Bertz CT molecular complexity index is 375. The van der Waals surface area contributed by atoms with Gasteiger partial charge in [0.05, 0.1) is 11.7 Å². The van der Waals surface area contributed by atoms with Crippen molar-refractivity contribution in [3.63, 3.8) is 0 Å². The minimum absolute atomic E-state index is 0.343. The molecule has 2 N–H and O–H groups in total. The van der Waals surface area contributed by atoms with E-state index in [1.807, 2.05) is 0 Å². The summed E-state index contributed by atoms with van der Waals surface area (Å²) in [5, 5.41) is 13.0. The highest BCUT2D eigenvalue weighted by Crippen LogP contribution is 2.29. The molecule has 0 radical (unpaired) electrons. The summed E-state index contributed by atoms with van der Waals surface area (Å²) in [5.74, 6) is 0.514. The molecular weight excluding hydrogens is 255 g/mol. The SMILES string of the molecule is CCC(C)CNCC(O)c1ccc(C(F)(F)F)cc1. The Hall–Kier alpha value is -1.07. The molecule has 0 spiro atoms. The summed E-state index contributed by atoms with van der Waals surface area (Å²) in [6.07, 6.45) is -4.08. The second kappa shape index (κ2) is 6.91. The average molecular weight is 275 g/mol. The predicted octanol–water partition coefficient (Wildman–Crippen LogP) is 3.37. The van der Waals surface area contributed by atoms with Gasteiger partial charge in [-0.15, -0.1) is 0 Å². The van der Waals surface area contributed by atoms with E-state index < -0.39 is 17.8 Å². The van der Waals surface area contributed by atoms with Gasteiger partial charge in [-0.1, -0.05) is 32.4 Å². The van der Waals surface area contributed by atoms with Crippen molar-refractivity contribution >= 4 is 0 Å². The van der Waals surface area contributed by atoms with Gasteiger partial charge in [0.1, 0.15) is 0 Å². The fourth-order valence-electron chi connectivity index (χ4n) is 1.62. The summed E-state index contributed by atoms with van der Waals surface area (Å²) in [5.41, 5.74) is -0.208. The van der Waals surface area contributed by atoms with Gasteiger partial charge in [0.2, 0.25) is 0 Å². The molecule has 1 aromatic rings. The molecule has 108 valence electrons. The first-order chi connectivity index (χ1) is 8.84. The lowest BCUT2D eigenvalue weighted by atomic mass is 10.1. The quantitative estimate of drug-likeness (QED) is 0.834. The van der Waals surface area contributed by atoms with Crippen molar-refractivity contribution in [3.05, 3.63) is 35.4 Å². The number of aliphatic hydroxyl groups excluding tert-OH is 1. The second-order valence-corrected chi connectivity index (χ2v) is 4.81. The third-order valence-corrected chi connectivity index (χ3v) is 3.15. The van der Waals surface area contributed by atoms with Gasteiger partial charge in [-0.25, -0.2) is 0 Å². The zero-order valence-corrected chi connectivity index (χ0v) is 11.2. The van der Waals surface area contributed by atoms with Crippen LogP contribution in [0.4, 0.5) is 13.2 Å². The van der Waals surface area contributed by atoms with Gasteiger partial charge in [0, 0.05) is 6.54 Å². The van der Waals surface area contributed by atoms with Crippen molar-refractivity contribution in [2.75, 3.05) is 13.1 Å². The van der Waals surface area contributed by atoms with Gasteiger partial charge >= 0.3 is 6.18 Å². The number of hydrogen-bond acceptors (Lipinski definition) is 2. The van der Waals surface area contributed by atoms with E-state index in [9.17, 15) is 18.3 Å². The minimum atomic E-state index is -4.34. The molecule has 0 aromatic heterocycles. The van der Waals surface area contributed by atoms with Crippen molar-refractivity contribution in [3.8, 4) is 0 Å². The van der Waals surface area contributed by atoms with Crippen LogP contribution in [0.5, 0.6) is 0 Å². The van der Waals surface area contributed by atoms with E-state index >= 15 is 0 Å². The lowest BCUT2D eigenvalue weighted by Crippen LogP contribution is -2.26. The fourth-order valence-corrected chi connectivity index (χ4v) is 1.62. The Labute approximate surface area is 111 Å². The highest BCUT2D eigenvalue weighted by Gasteiger charge is 2.30. The summed E-state index contributed by atoms with van der Waals surface area (Å²) in [7, 11) is 0. The van der Waals surface area contributed by atoms with Crippen LogP contribution >= 0.6 is 0 Å². The highest BCUT2D eigenvalue weighted by atomic mass is 19.4. The Kier molecular flexibility index (Phi) is 5.82. The molecule has 1 rings (SSSR count). The number of aliphatic hydroxyl groups is 1. The number of benzene rings is 1. The largest absolute Gasteiger partial charge is 0.416 e. The summed E-state index contributed by atoms with van der Waals surface area (Å²) in [6, 6.07) is 4.62. The molecular formula is C14H20F3NO. The monoisotopic (exact) mass is 275 g/mol. The molecule has 5 heteroatoms. The maximum Gasteiger partial charge on any atom is 0.416 e. The lowest BCUT2D eigenvalue weighted by Gasteiger charge is -2.15. The molecule has 2 unspecified atom stereocenters. The normalized spacial score (nSPS) is 15.3. The predicted molar refractivity (Wildman–Crippen MR) is 68.7 cm³/mol. The van der Waals surface area contributed by atoms with E-state index in [2.05, 4.69) is 19.2 Å². The third kappa shape index (κ3) is 5.20. The van der Waals surface area contributed by atoms with Crippen molar-refractivity contribution in [2.24, 2.45) is 5.92 Å². The lowest BCUT2D eigenvalue weighted by molar-refractivity contribution is -0.137. The van der Waals surface area contributed by atoms with Crippen LogP contribution in [-0.4, -0.2) is 18.2 Å². The summed E-state index contributed by atoms with van der Waals surface area (Å²) in [4.78, 5) is 0. The topological polar surface area (TPSA) is 32.3 Å². The highest BCUT2D eigenvalue weighted by molar-refractivity contribution is 5.26. The number of halogens is 3. The number of alkyl halides is 3. The van der Waals surface area contributed by atoms with Gasteiger partial charge in [0.15, 0.2) is 0 Å². The van der Waals surface area contributed by atoms with Crippen LogP contribution in [-0.2, 0) is 6.18 Å². The molecule has 2 atom stereocenters. The van der Waals surface area contributed by atoms with Crippen molar-refractivity contribution < 1.29 is 18.3 Å². The molecule has 0 saturated carbocycles. The van der Waals surface area contributed by atoms with Gasteiger partial charge < -0.3 is 10.4 Å². The summed E-state index contributed by atoms with van der Waals surface area (Å²) < 4.78 is 37.1. The number of nitrogens with one attached hydrogen (secondary N) is 1. The molecule has 0 aliphatic heterocycles. The van der Waals surface area contributed by atoms with E-state index in [1.165, 1.54) is 12.1 Å². The van der Waals surface area contributed by atoms with Crippen molar-refractivity contribution in [2.45, 2.75) is 32.5 Å². The van der Waals surface area contributed by atoms with Crippen LogP contribution in [0.25, 0.3) is 0 Å². The van der Waals surface area contributed by atoms with Crippen molar-refractivity contribution in [1.82, 2.24) is 5.32 Å². The summed E-state index contributed by atoms with van der Waals surface area (Å²) >= 11 is 0. The first kappa shape index (κ1) is 16.0. The molecule has 0 saturated heterocycles.